The van der Waals surface area contributed by atoms with Gasteiger partial charge in [-0.05, 0) is 61.7 Å². The number of carbonyl (C=O) groups excluding carboxylic acids is 1. The molecule has 0 spiro atoms. The summed E-state index contributed by atoms with van der Waals surface area (Å²) in [4.78, 5) is 11.9. The first-order valence-corrected chi connectivity index (χ1v) is 8.64. The molecule has 24 heavy (non-hydrogen) atoms. The first kappa shape index (κ1) is 18.9. The SMILES string of the molecule is Cc1cc(OCCCC(=O)Nc2ccc(Cl)cc2Cl)cc(C)c1Cl. The standard InChI is InChI=1S/C18H18Cl3NO2/c1-11-8-14(9-12(2)18(11)21)24-7-3-4-17(23)22-16-6-5-13(19)10-15(16)20/h5-6,8-10H,3-4,7H2,1-2H3,(H,22,23). The summed E-state index contributed by atoms with van der Waals surface area (Å²) in [6.45, 7) is 4.32. The van der Waals surface area contributed by atoms with Crippen LogP contribution >= 0.6 is 34.8 Å². The summed E-state index contributed by atoms with van der Waals surface area (Å²) in [6, 6.07) is 8.73. The van der Waals surface area contributed by atoms with Gasteiger partial charge in [0.1, 0.15) is 5.75 Å². The van der Waals surface area contributed by atoms with E-state index < -0.39 is 0 Å². The Morgan fingerprint density at radius 3 is 2.38 bits per heavy atom. The molecule has 3 nitrogen and oxygen atoms in total. The van der Waals surface area contributed by atoms with Crippen LogP contribution in [0.4, 0.5) is 5.69 Å². The Hall–Kier alpha value is -1.42. The Kier molecular flexibility index (Phi) is 6.79. The molecule has 128 valence electrons. The average molecular weight is 387 g/mol. The van der Waals surface area contributed by atoms with Crippen LogP contribution in [0.2, 0.25) is 15.1 Å². The molecule has 0 aliphatic carbocycles. The van der Waals surface area contributed by atoms with Crippen LogP contribution in [-0.4, -0.2) is 12.5 Å². The average Bonchev–Trinajstić information content (AvgIpc) is 2.52. The Bertz CT molecular complexity index is 724. The molecular formula is C18H18Cl3NO2. The minimum absolute atomic E-state index is 0.119. The lowest BCUT2D eigenvalue weighted by Crippen LogP contribution is -2.13. The molecule has 0 saturated carbocycles. The van der Waals surface area contributed by atoms with E-state index in [2.05, 4.69) is 5.32 Å². The van der Waals surface area contributed by atoms with Crippen molar-refractivity contribution in [3.05, 3.63) is 56.5 Å². The molecule has 0 bridgehead atoms. The summed E-state index contributed by atoms with van der Waals surface area (Å²) in [6.07, 6.45) is 0.933. The molecule has 2 rings (SSSR count). The number of aryl methyl sites for hydroxylation is 2. The second kappa shape index (κ2) is 8.61. The van der Waals surface area contributed by atoms with Gasteiger partial charge in [-0.25, -0.2) is 0 Å². The summed E-state index contributed by atoms with van der Waals surface area (Å²) in [5.41, 5.74) is 2.50. The van der Waals surface area contributed by atoms with Crippen LogP contribution in [0.3, 0.4) is 0 Å². The van der Waals surface area contributed by atoms with Crippen molar-refractivity contribution in [1.29, 1.82) is 0 Å². The predicted molar refractivity (Wildman–Crippen MR) is 101 cm³/mol. The maximum Gasteiger partial charge on any atom is 0.224 e. The van der Waals surface area contributed by atoms with Gasteiger partial charge in [-0.15, -0.1) is 0 Å². The smallest absolute Gasteiger partial charge is 0.224 e. The number of hydrogen-bond acceptors (Lipinski definition) is 2. The van der Waals surface area contributed by atoms with Crippen LogP contribution in [-0.2, 0) is 4.79 Å². The molecule has 0 radical (unpaired) electrons. The lowest BCUT2D eigenvalue weighted by molar-refractivity contribution is -0.116. The lowest BCUT2D eigenvalue weighted by atomic mass is 10.1. The predicted octanol–water partition coefficient (Wildman–Crippen LogP) is 6.06. The molecule has 0 unspecified atom stereocenters. The molecular weight excluding hydrogens is 369 g/mol. The van der Waals surface area contributed by atoms with Gasteiger partial charge >= 0.3 is 0 Å². The van der Waals surface area contributed by atoms with Gasteiger partial charge < -0.3 is 10.1 Å². The van der Waals surface area contributed by atoms with Gasteiger partial charge in [-0.1, -0.05) is 34.8 Å². The van der Waals surface area contributed by atoms with E-state index in [4.69, 9.17) is 39.5 Å². The first-order chi connectivity index (χ1) is 11.4. The second-order valence-corrected chi connectivity index (χ2v) is 6.72. The zero-order chi connectivity index (χ0) is 17.7. The lowest BCUT2D eigenvalue weighted by Gasteiger charge is -2.10. The number of rotatable bonds is 6. The molecule has 1 amide bonds. The van der Waals surface area contributed by atoms with E-state index in [-0.39, 0.29) is 5.91 Å². The first-order valence-electron chi connectivity index (χ1n) is 7.51. The summed E-state index contributed by atoms with van der Waals surface area (Å²) < 4.78 is 5.68. The van der Waals surface area contributed by atoms with Gasteiger partial charge in [-0.3, -0.25) is 4.79 Å². The number of ether oxygens (including phenoxy) is 1. The van der Waals surface area contributed by atoms with Crippen molar-refractivity contribution in [2.45, 2.75) is 26.7 Å². The van der Waals surface area contributed by atoms with Crippen LogP contribution in [0.15, 0.2) is 30.3 Å². The third-order valence-corrected chi connectivity index (χ3v) is 4.58. The number of carbonyl (C=O) groups is 1. The van der Waals surface area contributed by atoms with Gasteiger partial charge in [0.25, 0.3) is 0 Å². The molecule has 0 fully saturated rings. The van der Waals surface area contributed by atoms with Gasteiger partial charge in [0.05, 0.1) is 17.3 Å². The fraction of sp³-hybridized carbons (Fsp3) is 0.278. The van der Waals surface area contributed by atoms with Gasteiger partial charge in [0.2, 0.25) is 5.91 Å². The zero-order valence-electron chi connectivity index (χ0n) is 13.5. The van der Waals surface area contributed by atoms with Crippen molar-refractivity contribution in [1.82, 2.24) is 0 Å². The quantitative estimate of drug-likeness (QED) is 0.613. The number of halogens is 3. The highest BCUT2D eigenvalue weighted by Gasteiger charge is 2.07. The Labute approximate surface area is 156 Å². The minimum atomic E-state index is -0.119. The second-order valence-electron chi connectivity index (χ2n) is 5.50. The van der Waals surface area contributed by atoms with Crippen LogP contribution in [0.1, 0.15) is 24.0 Å². The zero-order valence-corrected chi connectivity index (χ0v) is 15.7. The normalized spacial score (nSPS) is 10.5. The van der Waals surface area contributed by atoms with Crippen molar-refractivity contribution in [3.8, 4) is 5.75 Å². The maximum absolute atomic E-state index is 11.9. The molecule has 0 aliphatic rings. The highest BCUT2D eigenvalue weighted by molar-refractivity contribution is 6.36. The van der Waals surface area contributed by atoms with E-state index in [0.717, 1.165) is 21.9 Å². The molecule has 2 aromatic rings. The third-order valence-electron chi connectivity index (χ3n) is 3.43. The van der Waals surface area contributed by atoms with Crippen molar-refractivity contribution in [2.24, 2.45) is 0 Å². The Morgan fingerprint density at radius 1 is 1.08 bits per heavy atom. The van der Waals surface area contributed by atoms with Crippen molar-refractivity contribution < 1.29 is 9.53 Å². The van der Waals surface area contributed by atoms with Crippen LogP contribution < -0.4 is 10.1 Å². The van der Waals surface area contributed by atoms with E-state index >= 15 is 0 Å². The maximum atomic E-state index is 11.9. The minimum Gasteiger partial charge on any atom is -0.494 e. The summed E-state index contributed by atoms with van der Waals surface area (Å²) in [5, 5.41) is 4.45. The van der Waals surface area contributed by atoms with E-state index in [9.17, 15) is 4.79 Å². The largest absolute Gasteiger partial charge is 0.494 e. The summed E-state index contributed by atoms with van der Waals surface area (Å²) in [7, 11) is 0. The molecule has 2 aromatic carbocycles. The number of nitrogens with one attached hydrogen (secondary N) is 1. The van der Waals surface area contributed by atoms with E-state index in [1.54, 1.807) is 18.2 Å². The van der Waals surface area contributed by atoms with Crippen LogP contribution in [0, 0.1) is 13.8 Å². The van der Waals surface area contributed by atoms with Gasteiger partial charge in [0.15, 0.2) is 0 Å². The van der Waals surface area contributed by atoms with E-state index in [1.807, 2.05) is 26.0 Å². The topological polar surface area (TPSA) is 38.3 Å². The molecule has 0 aliphatic heterocycles. The van der Waals surface area contributed by atoms with Crippen molar-refractivity contribution >= 4 is 46.4 Å². The summed E-state index contributed by atoms with van der Waals surface area (Å²) in [5.74, 6) is 0.641. The van der Waals surface area contributed by atoms with E-state index in [1.165, 1.54) is 0 Å². The number of anilines is 1. The highest BCUT2D eigenvalue weighted by Crippen LogP contribution is 2.27. The molecule has 0 aromatic heterocycles. The molecule has 1 N–H and O–H groups in total. The summed E-state index contributed by atoms with van der Waals surface area (Å²) >= 11 is 18.0. The van der Waals surface area contributed by atoms with Crippen molar-refractivity contribution in [3.63, 3.8) is 0 Å². The fourth-order valence-corrected chi connectivity index (χ4v) is 2.78. The molecule has 0 atom stereocenters. The molecule has 6 heteroatoms. The highest BCUT2D eigenvalue weighted by atomic mass is 35.5. The third kappa shape index (κ3) is 5.30. The van der Waals surface area contributed by atoms with Crippen LogP contribution in [0.25, 0.3) is 0 Å². The van der Waals surface area contributed by atoms with E-state index in [0.29, 0.717) is 35.2 Å². The monoisotopic (exact) mass is 385 g/mol. The number of benzene rings is 2. The van der Waals surface area contributed by atoms with Crippen molar-refractivity contribution in [2.75, 3.05) is 11.9 Å². The number of amides is 1. The molecule has 0 saturated heterocycles. The molecule has 0 heterocycles. The Morgan fingerprint density at radius 2 is 1.75 bits per heavy atom. The Balaban J connectivity index is 1.79. The van der Waals surface area contributed by atoms with Crippen LogP contribution in [0.5, 0.6) is 5.75 Å². The van der Waals surface area contributed by atoms with Gasteiger partial charge in [-0.2, -0.15) is 0 Å². The fourth-order valence-electron chi connectivity index (χ4n) is 2.22. The number of hydrogen-bond donors (Lipinski definition) is 1. The van der Waals surface area contributed by atoms with Gasteiger partial charge in [0, 0.05) is 16.5 Å².